The van der Waals surface area contributed by atoms with Gasteiger partial charge in [-0.05, 0) is 48.2 Å². The minimum Gasteiger partial charge on any atom is -0.345 e. The minimum absolute atomic E-state index is 0.0105. The molecule has 8 heteroatoms. The Morgan fingerprint density at radius 2 is 1.89 bits per heavy atom. The van der Waals surface area contributed by atoms with Crippen molar-refractivity contribution < 1.29 is 13.2 Å². The first kappa shape index (κ1) is 17.7. The van der Waals surface area contributed by atoms with E-state index in [9.17, 15) is 13.2 Å². The number of nitrogens with one attached hydrogen (secondary N) is 2. The van der Waals surface area contributed by atoms with E-state index in [-0.39, 0.29) is 16.8 Å². The Morgan fingerprint density at radius 1 is 1.11 bits per heavy atom. The van der Waals surface area contributed by atoms with Crippen molar-refractivity contribution in [2.75, 3.05) is 4.72 Å². The molecule has 0 saturated carbocycles. The fourth-order valence-corrected chi connectivity index (χ4v) is 4.97. The van der Waals surface area contributed by atoms with Crippen LogP contribution in [-0.2, 0) is 16.4 Å². The Balaban J connectivity index is 1.47. The zero-order valence-corrected chi connectivity index (χ0v) is 15.9. The highest BCUT2D eigenvalue weighted by molar-refractivity contribution is 7.93. The molecule has 1 aromatic heterocycles. The maximum Gasteiger partial charge on any atom is 0.263 e. The van der Waals surface area contributed by atoms with Gasteiger partial charge in [-0.2, -0.15) is 0 Å². The molecule has 0 radical (unpaired) electrons. The molecule has 2 aromatic carbocycles. The van der Waals surface area contributed by atoms with Gasteiger partial charge >= 0.3 is 0 Å². The number of rotatable bonds is 5. The number of anilines is 1. The van der Waals surface area contributed by atoms with Gasteiger partial charge in [0, 0.05) is 17.1 Å². The van der Waals surface area contributed by atoms with Crippen LogP contribution in [0.3, 0.4) is 0 Å². The van der Waals surface area contributed by atoms with Gasteiger partial charge in [-0.3, -0.25) is 9.52 Å². The van der Waals surface area contributed by atoms with Crippen molar-refractivity contribution in [2.24, 2.45) is 0 Å². The Morgan fingerprint density at radius 3 is 2.63 bits per heavy atom. The summed E-state index contributed by atoms with van der Waals surface area (Å²) in [4.78, 5) is 16.5. The van der Waals surface area contributed by atoms with Gasteiger partial charge in [0.05, 0.1) is 10.9 Å². The highest BCUT2D eigenvalue weighted by Crippen LogP contribution is 2.31. The predicted molar refractivity (Wildman–Crippen MR) is 104 cm³/mol. The summed E-state index contributed by atoms with van der Waals surface area (Å²) < 4.78 is 27.1. The molecule has 0 bridgehead atoms. The molecule has 138 valence electrons. The Bertz CT molecular complexity index is 1060. The number of amides is 1. The van der Waals surface area contributed by atoms with Crippen LogP contribution in [-0.4, -0.2) is 19.3 Å². The number of hydrogen-bond acceptors (Lipinski definition) is 5. The molecule has 6 nitrogen and oxygen atoms in total. The summed E-state index contributed by atoms with van der Waals surface area (Å²) in [5, 5.41) is 5.02. The molecule has 27 heavy (non-hydrogen) atoms. The maximum absolute atomic E-state index is 12.5. The van der Waals surface area contributed by atoms with E-state index in [1.54, 1.807) is 5.38 Å². The first-order valence-corrected chi connectivity index (χ1v) is 10.8. The van der Waals surface area contributed by atoms with Crippen molar-refractivity contribution in [1.82, 2.24) is 10.3 Å². The van der Waals surface area contributed by atoms with Gasteiger partial charge in [0.1, 0.15) is 0 Å². The zero-order valence-electron chi connectivity index (χ0n) is 14.3. The lowest BCUT2D eigenvalue weighted by atomic mass is 10.1. The lowest BCUT2D eigenvalue weighted by molar-refractivity contribution is 0.0936. The third-order valence-electron chi connectivity index (χ3n) is 4.52. The molecule has 1 unspecified atom stereocenters. The van der Waals surface area contributed by atoms with E-state index in [0.29, 0.717) is 10.7 Å². The standard InChI is InChI=1S/C19H17N3O3S2/c23-18(21-17-10-7-13-3-1-2-4-16(13)17)14-5-8-15(9-6-14)27(24,25)22-19-20-11-12-26-19/h1-6,8-9,11-12,17H,7,10H2,(H,20,22)(H,21,23). The maximum atomic E-state index is 12.5. The topological polar surface area (TPSA) is 88.2 Å². The van der Waals surface area contributed by atoms with E-state index in [2.05, 4.69) is 21.1 Å². The van der Waals surface area contributed by atoms with Crippen LogP contribution in [0.15, 0.2) is 65.0 Å². The van der Waals surface area contributed by atoms with Crippen LogP contribution in [0.25, 0.3) is 0 Å². The van der Waals surface area contributed by atoms with Crippen LogP contribution in [0.4, 0.5) is 5.13 Å². The third kappa shape index (κ3) is 3.72. The molecule has 3 aromatic rings. The Hall–Kier alpha value is -2.71. The SMILES string of the molecule is O=C(NC1CCc2ccccc21)c1ccc(S(=O)(=O)Nc2nccs2)cc1. The van der Waals surface area contributed by atoms with Gasteiger partial charge in [0.2, 0.25) is 0 Å². The molecule has 1 aliphatic rings. The van der Waals surface area contributed by atoms with Crippen LogP contribution < -0.4 is 10.0 Å². The number of aryl methyl sites for hydroxylation is 1. The van der Waals surface area contributed by atoms with Crippen molar-refractivity contribution in [3.63, 3.8) is 0 Å². The van der Waals surface area contributed by atoms with Gasteiger partial charge in [-0.15, -0.1) is 11.3 Å². The van der Waals surface area contributed by atoms with Crippen molar-refractivity contribution in [2.45, 2.75) is 23.8 Å². The summed E-state index contributed by atoms with van der Waals surface area (Å²) in [6, 6.07) is 14.0. The number of thiazole rings is 1. The summed E-state index contributed by atoms with van der Waals surface area (Å²) in [5.74, 6) is -0.214. The summed E-state index contributed by atoms with van der Waals surface area (Å²) in [7, 11) is -3.72. The average molecular weight is 399 g/mol. The zero-order chi connectivity index (χ0) is 18.9. The molecule has 1 atom stereocenters. The second-order valence-corrected chi connectivity index (χ2v) is 8.81. The summed E-state index contributed by atoms with van der Waals surface area (Å²) in [5.41, 5.74) is 2.84. The molecule has 2 N–H and O–H groups in total. The van der Waals surface area contributed by atoms with Gasteiger partial charge in [0.25, 0.3) is 15.9 Å². The highest BCUT2D eigenvalue weighted by atomic mass is 32.2. The Kier molecular flexibility index (Phi) is 4.67. The molecule has 1 aliphatic carbocycles. The molecule has 0 spiro atoms. The minimum atomic E-state index is -3.72. The number of benzene rings is 2. The molecular weight excluding hydrogens is 382 g/mol. The fraction of sp³-hybridized carbons (Fsp3) is 0.158. The Labute approximate surface area is 161 Å². The lowest BCUT2D eigenvalue weighted by Crippen LogP contribution is -2.27. The number of fused-ring (bicyclic) bond motifs is 1. The van der Waals surface area contributed by atoms with E-state index in [4.69, 9.17) is 0 Å². The smallest absolute Gasteiger partial charge is 0.263 e. The molecule has 1 amide bonds. The number of hydrogen-bond donors (Lipinski definition) is 2. The van der Waals surface area contributed by atoms with Gasteiger partial charge in [-0.1, -0.05) is 24.3 Å². The first-order chi connectivity index (χ1) is 13.0. The van der Waals surface area contributed by atoms with E-state index in [1.165, 1.54) is 47.4 Å². The van der Waals surface area contributed by atoms with Crippen LogP contribution in [0.1, 0.15) is 33.9 Å². The van der Waals surface area contributed by atoms with Crippen LogP contribution in [0.2, 0.25) is 0 Å². The highest BCUT2D eigenvalue weighted by Gasteiger charge is 2.24. The van der Waals surface area contributed by atoms with Crippen molar-refractivity contribution in [3.05, 3.63) is 76.8 Å². The number of carbonyl (C=O) groups is 1. The van der Waals surface area contributed by atoms with E-state index in [0.717, 1.165) is 18.4 Å². The quantitative estimate of drug-likeness (QED) is 0.689. The predicted octanol–water partition coefficient (Wildman–Crippen LogP) is 3.36. The number of nitrogens with zero attached hydrogens (tertiary/aromatic N) is 1. The second-order valence-electron chi connectivity index (χ2n) is 6.23. The van der Waals surface area contributed by atoms with E-state index >= 15 is 0 Å². The largest absolute Gasteiger partial charge is 0.345 e. The molecular formula is C19H17N3O3S2. The fourth-order valence-electron chi connectivity index (χ4n) is 3.18. The normalized spacial score (nSPS) is 15.9. The van der Waals surface area contributed by atoms with Crippen molar-refractivity contribution >= 4 is 32.4 Å². The van der Waals surface area contributed by atoms with Crippen LogP contribution in [0.5, 0.6) is 0 Å². The molecule has 4 rings (SSSR count). The second kappa shape index (κ2) is 7.13. The molecule has 0 aliphatic heterocycles. The van der Waals surface area contributed by atoms with Crippen molar-refractivity contribution in [1.29, 1.82) is 0 Å². The van der Waals surface area contributed by atoms with Gasteiger partial charge < -0.3 is 5.32 Å². The van der Waals surface area contributed by atoms with Gasteiger partial charge in [0.15, 0.2) is 5.13 Å². The van der Waals surface area contributed by atoms with Crippen LogP contribution in [0, 0.1) is 0 Å². The summed E-state index contributed by atoms with van der Waals surface area (Å²) >= 11 is 1.20. The van der Waals surface area contributed by atoms with E-state index in [1.807, 2.05) is 18.2 Å². The average Bonchev–Trinajstić information content (AvgIpc) is 3.32. The van der Waals surface area contributed by atoms with Gasteiger partial charge in [-0.25, -0.2) is 13.4 Å². The summed E-state index contributed by atoms with van der Waals surface area (Å²) in [6.45, 7) is 0. The number of aromatic nitrogens is 1. The van der Waals surface area contributed by atoms with E-state index < -0.39 is 10.0 Å². The summed E-state index contributed by atoms with van der Waals surface area (Å²) in [6.07, 6.45) is 3.34. The molecule has 0 saturated heterocycles. The molecule has 1 heterocycles. The first-order valence-electron chi connectivity index (χ1n) is 8.44. The van der Waals surface area contributed by atoms with Crippen LogP contribution >= 0.6 is 11.3 Å². The number of sulfonamides is 1. The number of carbonyl (C=O) groups excluding carboxylic acids is 1. The van der Waals surface area contributed by atoms with Crippen molar-refractivity contribution in [3.8, 4) is 0 Å². The monoisotopic (exact) mass is 399 g/mol. The third-order valence-corrected chi connectivity index (χ3v) is 6.69. The lowest BCUT2D eigenvalue weighted by Gasteiger charge is -2.14. The molecule has 0 fully saturated rings.